The van der Waals surface area contributed by atoms with Gasteiger partial charge in [-0.15, -0.1) is 0 Å². The first-order valence-corrected chi connectivity index (χ1v) is 6.49. The molecule has 0 aliphatic rings. The van der Waals surface area contributed by atoms with Gasteiger partial charge in [-0.3, -0.25) is 0 Å². The van der Waals surface area contributed by atoms with Crippen LogP contribution < -0.4 is 10.2 Å². The second-order valence-electron chi connectivity index (χ2n) is 4.49. The molecule has 0 fully saturated rings. The van der Waals surface area contributed by atoms with Crippen LogP contribution in [0.3, 0.4) is 0 Å². The maximum Gasteiger partial charge on any atom is 0.492 e. The number of hydrogen-bond donors (Lipinski definition) is 2. The minimum atomic E-state index is -1.74. The average molecular weight is 274 g/mol. The molecule has 2 rings (SSSR count). The molecule has 0 radical (unpaired) electrons. The van der Waals surface area contributed by atoms with Crippen molar-refractivity contribution in [1.82, 2.24) is 0 Å². The smallest absolute Gasteiger partial charge is 0.492 e. The van der Waals surface area contributed by atoms with Crippen molar-refractivity contribution in [2.75, 3.05) is 6.61 Å². The van der Waals surface area contributed by atoms with Gasteiger partial charge in [-0.2, -0.15) is 0 Å². The summed E-state index contributed by atoms with van der Waals surface area (Å²) in [5.41, 5.74) is 1.27. The van der Waals surface area contributed by atoms with Gasteiger partial charge in [0.05, 0.1) is 6.61 Å². The molecule has 0 heterocycles. The van der Waals surface area contributed by atoms with Crippen LogP contribution in [-0.2, 0) is 6.42 Å². The van der Waals surface area contributed by atoms with E-state index in [1.807, 2.05) is 30.3 Å². The summed E-state index contributed by atoms with van der Waals surface area (Å²) in [4.78, 5) is 0. The Kier molecular flexibility index (Phi) is 5.15. The van der Waals surface area contributed by atoms with Gasteiger partial charge in [0.25, 0.3) is 0 Å². The standard InChI is InChI=1S/C15H16BFO3/c17-13-8-9-15(14(11-13)16(18)19)20-10-4-7-12-5-2-1-3-6-12/h1-3,5-6,8-9,11,18-19H,4,7,10H2. The monoisotopic (exact) mass is 274 g/mol. The SMILES string of the molecule is OB(O)c1cc(F)ccc1OCCCc1ccccc1. The summed E-state index contributed by atoms with van der Waals surface area (Å²) in [6.07, 6.45) is 1.67. The first kappa shape index (κ1) is 14.6. The normalized spacial score (nSPS) is 10.3. The maximum absolute atomic E-state index is 13.0. The highest BCUT2D eigenvalue weighted by Crippen LogP contribution is 2.11. The first-order valence-electron chi connectivity index (χ1n) is 6.49. The van der Waals surface area contributed by atoms with Crippen molar-refractivity contribution in [3.05, 3.63) is 59.9 Å². The van der Waals surface area contributed by atoms with Crippen LogP contribution >= 0.6 is 0 Å². The van der Waals surface area contributed by atoms with E-state index in [-0.39, 0.29) is 5.46 Å². The lowest BCUT2D eigenvalue weighted by molar-refractivity contribution is 0.311. The third kappa shape index (κ3) is 4.08. The van der Waals surface area contributed by atoms with Crippen LogP contribution in [0.15, 0.2) is 48.5 Å². The minimum absolute atomic E-state index is 0.0460. The summed E-state index contributed by atoms with van der Waals surface area (Å²) in [5, 5.41) is 18.3. The van der Waals surface area contributed by atoms with Gasteiger partial charge in [-0.1, -0.05) is 30.3 Å². The molecule has 3 nitrogen and oxygen atoms in total. The fourth-order valence-electron chi connectivity index (χ4n) is 1.96. The molecule has 20 heavy (non-hydrogen) atoms. The lowest BCUT2D eigenvalue weighted by atomic mass is 9.79. The Labute approximate surface area is 117 Å². The third-order valence-electron chi connectivity index (χ3n) is 2.96. The molecule has 0 saturated heterocycles. The van der Waals surface area contributed by atoms with E-state index in [2.05, 4.69) is 0 Å². The zero-order chi connectivity index (χ0) is 14.4. The van der Waals surface area contributed by atoms with Crippen molar-refractivity contribution >= 4 is 12.6 Å². The minimum Gasteiger partial charge on any atom is -0.494 e. The Hall–Kier alpha value is -1.85. The van der Waals surface area contributed by atoms with Crippen LogP contribution in [0.25, 0.3) is 0 Å². The van der Waals surface area contributed by atoms with Gasteiger partial charge in [0, 0.05) is 5.46 Å². The molecule has 0 spiro atoms. The van der Waals surface area contributed by atoms with Crippen molar-refractivity contribution in [2.45, 2.75) is 12.8 Å². The van der Waals surface area contributed by atoms with Crippen LogP contribution in [0.2, 0.25) is 0 Å². The zero-order valence-electron chi connectivity index (χ0n) is 11.0. The molecule has 2 N–H and O–H groups in total. The van der Waals surface area contributed by atoms with Crippen molar-refractivity contribution in [3.63, 3.8) is 0 Å². The molecule has 0 bridgehead atoms. The van der Waals surface area contributed by atoms with Crippen molar-refractivity contribution in [3.8, 4) is 5.75 Å². The molecule has 0 saturated carbocycles. The number of rotatable bonds is 6. The van der Waals surface area contributed by atoms with E-state index in [0.717, 1.165) is 18.9 Å². The molecule has 0 amide bonds. The van der Waals surface area contributed by atoms with Crippen molar-refractivity contribution in [1.29, 1.82) is 0 Å². The lowest BCUT2D eigenvalue weighted by Gasteiger charge is -2.11. The van der Waals surface area contributed by atoms with Gasteiger partial charge in [0.15, 0.2) is 0 Å². The Bertz CT molecular complexity index is 546. The van der Waals surface area contributed by atoms with Gasteiger partial charge >= 0.3 is 7.12 Å². The molecular formula is C15H16BFO3. The van der Waals surface area contributed by atoms with Crippen LogP contribution in [-0.4, -0.2) is 23.8 Å². The summed E-state index contributed by atoms with van der Waals surface area (Å²) < 4.78 is 18.5. The second kappa shape index (κ2) is 7.08. The van der Waals surface area contributed by atoms with Crippen molar-refractivity contribution < 1.29 is 19.2 Å². The largest absolute Gasteiger partial charge is 0.494 e. The summed E-state index contributed by atoms with van der Waals surface area (Å²) >= 11 is 0. The Morgan fingerprint density at radius 1 is 1.05 bits per heavy atom. The molecule has 0 aliphatic carbocycles. The van der Waals surface area contributed by atoms with Gasteiger partial charge in [-0.25, -0.2) is 4.39 Å². The highest BCUT2D eigenvalue weighted by molar-refractivity contribution is 6.59. The van der Waals surface area contributed by atoms with Crippen molar-refractivity contribution in [2.24, 2.45) is 0 Å². The summed E-state index contributed by atoms with van der Waals surface area (Å²) in [5.74, 6) is -0.223. The van der Waals surface area contributed by atoms with Gasteiger partial charge in [0.2, 0.25) is 0 Å². The quantitative estimate of drug-likeness (QED) is 0.620. The average Bonchev–Trinajstić information content (AvgIpc) is 2.45. The summed E-state index contributed by atoms with van der Waals surface area (Å²) in [6, 6.07) is 13.7. The number of hydrogen-bond acceptors (Lipinski definition) is 3. The second-order valence-corrected chi connectivity index (χ2v) is 4.49. The molecule has 0 aromatic heterocycles. The van der Waals surface area contributed by atoms with E-state index < -0.39 is 12.9 Å². The third-order valence-corrected chi connectivity index (χ3v) is 2.96. The van der Waals surface area contributed by atoms with Crippen LogP contribution in [0, 0.1) is 5.82 Å². The molecule has 5 heteroatoms. The fraction of sp³-hybridized carbons (Fsp3) is 0.200. The molecule has 0 aliphatic heterocycles. The van der Waals surface area contributed by atoms with Crippen LogP contribution in [0.5, 0.6) is 5.75 Å². The topological polar surface area (TPSA) is 49.7 Å². The Morgan fingerprint density at radius 2 is 1.80 bits per heavy atom. The van der Waals surface area contributed by atoms with E-state index in [9.17, 15) is 14.4 Å². The predicted octanol–water partition coefficient (Wildman–Crippen LogP) is 1.52. The number of aryl methyl sites for hydroxylation is 1. The van der Waals surface area contributed by atoms with Gasteiger partial charge in [-0.05, 0) is 36.6 Å². The number of ether oxygens (including phenoxy) is 1. The lowest BCUT2D eigenvalue weighted by Crippen LogP contribution is -2.32. The van der Waals surface area contributed by atoms with Crippen LogP contribution in [0.4, 0.5) is 4.39 Å². The Balaban J connectivity index is 1.88. The molecule has 104 valence electrons. The van der Waals surface area contributed by atoms with Gasteiger partial charge in [0.1, 0.15) is 11.6 Å². The highest BCUT2D eigenvalue weighted by Gasteiger charge is 2.17. The molecular weight excluding hydrogens is 258 g/mol. The van der Waals surface area contributed by atoms with E-state index >= 15 is 0 Å². The first-order chi connectivity index (χ1) is 9.66. The summed E-state index contributed by atoms with van der Waals surface area (Å²) in [6.45, 7) is 0.431. The number of benzene rings is 2. The van der Waals surface area contributed by atoms with Crippen LogP contribution in [0.1, 0.15) is 12.0 Å². The summed E-state index contributed by atoms with van der Waals surface area (Å²) in [7, 11) is -1.74. The Morgan fingerprint density at radius 3 is 2.50 bits per heavy atom. The highest BCUT2D eigenvalue weighted by atomic mass is 19.1. The van der Waals surface area contributed by atoms with Gasteiger partial charge < -0.3 is 14.8 Å². The maximum atomic E-state index is 13.0. The van der Waals surface area contributed by atoms with E-state index in [1.54, 1.807) is 0 Å². The predicted molar refractivity (Wildman–Crippen MR) is 76.5 cm³/mol. The van der Waals surface area contributed by atoms with E-state index in [0.29, 0.717) is 12.4 Å². The molecule has 0 atom stereocenters. The fourth-order valence-corrected chi connectivity index (χ4v) is 1.96. The zero-order valence-corrected chi connectivity index (χ0v) is 11.0. The molecule has 2 aromatic carbocycles. The van der Waals surface area contributed by atoms with E-state index in [1.165, 1.54) is 17.7 Å². The molecule has 0 unspecified atom stereocenters. The molecule has 2 aromatic rings. The number of halogens is 1. The van der Waals surface area contributed by atoms with E-state index in [4.69, 9.17) is 4.74 Å².